The Morgan fingerprint density at radius 2 is 1.59 bits per heavy atom. The van der Waals surface area contributed by atoms with Gasteiger partial charge in [-0.2, -0.15) is 0 Å². The van der Waals surface area contributed by atoms with Gasteiger partial charge in [0.2, 0.25) is 17.6 Å². The number of amides is 2. The molecule has 7 heteroatoms. The molecule has 1 N–H and O–H groups in total. The monoisotopic (exact) mass is 438 g/mol. The lowest BCUT2D eigenvalue weighted by atomic mass is 9.77. The topological polar surface area (TPSA) is 77.1 Å². The molecule has 0 bridgehead atoms. The summed E-state index contributed by atoms with van der Waals surface area (Å²) in [7, 11) is 4.60. The summed E-state index contributed by atoms with van der Waals surface area (Å²) in [6, 6.07) is 11.4. The van der Waals surface area contributed by atoms with Crippen molar-refractivity contribution in [2.75, 3.05) is 38.1 Å². The number of fused-ring (bicyclic) bond motifs is 1. The molecule has 1 aliphatic carbocycles. The standard InChI is InChI=1S/C25H30N2O5/c1-30-21-14-17(15-22(31-2)23(21)32-3)26-24(28)18-9-5-6-10-19(18)25(29)27-13-12-16-8-4-7-11-20(16)27/h4,7-8,11,14-15,18-19H,5-6,9-10,12-13H2,1-3H3,(H,26,28)/t18-,19+/m1/s1. The second-order valence-corrected chi connectivity index (χ2v) is 8.27. The number of hydrogen-bond acceptors (Lipinski definition) is 5. The van der Waals surface area contributed by atoms with Crippen LogP contribution in [0.5, 0.6) is 17.2 Å². The van der Waals surface area contributed by atoms with Gasteiger partial charge in [0, 0.05) is 36.0 Å². The highest BCUT2D eigenvalue weighted by atomic mass is 16.5. The van der Waals surface area contributed by atoms with Gasteiger partial charge in [-0.05, 0) is 30.9 Å². The summed E-state index contributed by atoms with van der Waals surface area (Å²) < 4.78 is 16.1. The second kappa shape index (κ2) is 9.51. The van der Waals surface area contributed by atoms with Crippen molar-refractivity contribution in [1.29, 1.82) is 0 Å². The summed E-state index contributed by atoms with van der Waals surface area (Å²) in [5.74, 6) is 0.607. The van der Waals surface area contributed by atoms with Gasteiger partial charge in [0.05, 0.1) is 27.2 Å². The van der Waals surface area contributed by atoms with Crippen LogP contribution in [0.3, 0.4) is 0 Å². The van der Waals surface area contributed by atoms with Gasteiger partial charge in [-0.15, -0.1) is 0 Å². The van der Waals surface area contributed by atoms with Crippen LogP contribution < -0.4 is 24.4 Å². The molecule has 7 nitrogen and oxygen atoms in total. The molecule has 0 spiro atoms. The number of nitrogens with zero attached hydrogens (tertiary/aromatic N) is 1. The number of hydrogen-bond donors (Lipinski definition) is 1. The molecule has 1 saturated carbocycles. The quantitative estimate of drug-likeness (QED) is 0.736. The molecule has 0 saturated heterocycles. The first-order valence-electron chi connectivity index (χ1n) is 11.1. The van der Waals surface area contributed by atoms with Crippen LogP contribution in [0.1, 0.15) is 31.2 Å². The lowest BCUT2D eigenvalue weighted by Gasteiger charge is -2.32. The molecule has 2 amide bonds. The predicted molar refractivity (Wildman–Crippen MR) is 123 cm³/mol. The summed E-state index contributed by atoms with van der Waals surface area (Å²) in [5, 5.41) is 2.98. The third-order valence-electron chi connectivity index (χ3n) is 6.51. The van der Waals surface area contributed by atoms with Crippen LogP contribution in [0.4, 0.5) is 11.4 Å². The van der Waals surface area contributed by atoms with Crippen LogP contribution in [0, 0.1) is 11.8 Å². The third-order valence-corrected chi connectivity index (χ3v) is 6.51. The third kappa shape index (κ3) is 4.11. The average Bonchev–Trinajstić information content (AvgIpc) is 3.27. The van der Waals surface area contributed by atoms with Crippen LogP contribution in [-0.4, -0.2) is 39.7 Å². The van der Waals surface area contributed by atoms with E-state index in [4.69, 9.17) is 14.2 Å². The number of para-hydroxylation sites is 1. The molecular formula is C25H30N2O5. The molecule has 0 radical (unpaired) electrons. The molecular weight excluding hydrogens is 408 g/mol. The highest BCUT2D eigenvalue weighted by molar-refractivity contribution is 6.02. The van der Waals surface area contributed by atoms with Crippen molar-refractivity contribution in [2.24, 2.45) is 11.8 Å². The Morgan fingerprint density at radius 1 is 0.938 bits per heavy atom. The maximum atomic E-state index is 13.5. The lowest BCUT2D eigenvalue weighted by molar-refractivity contribution is -0.132. The molecule has 2 aromatic carbocycles. The van der Waals surface area contributed by atoms with Gasteiger partial charge < -0.3 is 24.4 Å². The molecule has 0 unspecified atom stereocenters. The van der Waals surface area contributed by atoms with E-state index in [0.29, 0.717) is 35.9 Å². The summed E-state index contributed by atoms with van der Waals surface area (Å²) in [6.07, 6.45) is 4.18. The summed E-state index contributed by atoms with van der Waals surface area (Å²) in [6.45, 7) is 0.676. The van der Waals surface area contributed by atoms with Crippen LogP contribution in [0.25, 0.3) is 0 Å². The average molecular weight is 439 g/mol. The molecule has 1 heterocycles. The van der Waals surface area contributed by atoms with Crippen molar-refractivity contribution in [2.45, 2.75) is 32.1 Å². The van der Waals surface area contributed by atoms with E-state index in [-0.39, 0.29) is 23.7 Å². The molecule has 4 rings (SSSR count). The van der Waals surface area contributed by atoms with E-state index < -0.39 is 0 Å². The van der Waals surface area contributed by atoms with E-state index in [1.807, 2.05) is 23.1 Å². The predicted octanol–water partition coefficient (Wildman–Crippen LogP) is 4.05. The van der Waals surface area contributed by atoms with Crippen LogP contribution in [0.15, 0.2) is 36.4 Å². The summed E-state index contributed by atoms with van der Waals surface area (Å²) in [4.78, 5) is 28.7. The fourth-order valence-corrected chi connectivity index (χ4v) is 4.90. The van der Waals surface area contributed by atoms with Gasteiger partial charge in [0.25, 0.3) is 0 Å². The SMILES string of the molecule is COc1cc(NC(=O)[C@@H]2CCCC[C@@H]2C(=O)N2CCc3ccccc32)cc(OC)c1OC. The number of carbonyl (C=O) groups excluding carboxylic acids is 2. The van der Waals surface area contributed by atoms with E-state index in [2.05, 4.69) is 11.4 Å². The summed E-state index contributed by atoms with van der Waals surface area (Å²) >= 11 is 0. The first kappa shape index (κ1) is 22.0. The van der Waals surface area contributed by atoms with Gasteiger partial charge >= 0.3 is 0 Å². The molecule has 2 aliphatic rings. The highest BCUT2D eigenvalue weighted by Gasteiger charge is 2.39. The molecule has 2 aromatic rings. The molecule has 170 valence electrons. The number of benzene rings is 2. The second-order valence-electron chi connectivity index (χ2n) is 8.27. The Kier molecular flexibility index (Phi) is 6.53. The van der Waals surface area contributed by atoms with Crippen molar-refractivity contribution >= 4 is 23.2 Å². The number of methoxy groups -OCH3 is 3. The van der Waals surface area contributed by atoms with Crippen LogP contribution >= 0.6 is 0 Å². The zero-order valence-corrected chi connectivity index (χ0v) is 18.8. The summed E-state index contributed by atoms with van der Waals surface area (Å²) in [5.41, 5.74) is 2.72. The van der Waals surface area contributed by atoms with Crippen molar-refractivity contribution in [3.05, 3.63) is 42.0 Å². The van der Waals surface area contributed by atoms with Crippen molar-refractivity contribution in [3.8, 4) is 17.2 Å². The molecule has 1 aliphatic heterocycles. The molecule has 1 fully saturated rings. The zero-order chi connectivity index (χ0) is 22.7. The minimum absolute atomic E-state index is 0.0553. The largest absolute Gasteiger partial charge is 0.493 e. The number of carbonyl (C=O) groups is 2. The van der Waals surface area contributed by atoms with E-state index >= 15 is 0 Å². The van der Waals surface area contributed by atoms with Crippen molar-refractivity contribution < 1.29 is 23.8 Å². The Bertz CT molecular complexity index is 981. The van der Waals surface area contributed by atoms with Gasteiger partial charge in [-0.1, -0.05) is 31.0 Å². The maximum Gasteiger partial charge on any atom is 0.230 e. The van der Waals surface area contributed by atoms with Crippen molar-refractivity contribution in [1.82, 2.24) is 0 Å². The van der Waals surface area contributed by atoms with Gasteiger partial charge in [0.1, 0.15) is 0 Å². The molecule has 32 heavy (non-hydrogen) atoms. The fraction of sp³-hybridized carbons (Fsp3) is 0.440. The maximum absolute atomic E-state index is 13.5. The lowest BCUT2D eigenvalue weighted by Crippen LogP contribution is -2.43. The van der Waals surface area contributed by atoms with E-state index in [1.54, 1.807) is 12.1 Å². The highest BCUT2D eigenvalue weighted by Crippen LogP contribution is 2.41. The minimum Gasteiger partial charge on any atom is -0.493 e. The molecule has 0 aromatic heterocycles. The minimum atomic E-state index is -0.372. The first-order valence-corrected chi connectivity index (χ1v) is 11.1. The first-order chi connectivity index (χ1) is 15.6. The molecule has 2 atom stereocenters. The normalized spacial score (nSPS) is 19.8. The number of anilines is 2. The zero-order valence-electron chi connectivity index (χ0n) is 18.8. The Hall–Kier alpha value is -3.22. The van der Waals surface area contributed by atoms with E-state index in [9.17, 15) is 9.59 Å². The van der Waals surface area contributed by atoms with Gasteiger partial charge in [-0.3, -0.25) is 9.59 Å². The number of nitrogens with one attached hydrogen (secondary N) is 1. The van der Waals surface area contributed by atoms with Gasteiger partial charge in [-0.25, -0.2) is 0 Å². The number of ether oxygens (including phenoxy) is 3. The van der Waals surface area contributed by atoms with E-state index in [1.165, 1.54) is 26.9 Å². The van der Waals surface area contributed by atoms with Crippen molar-refractivity contribution in [3.63, 3.8) is 0 Å². The fourth-order valence-electron chi connectivity index (χ4n) is 4.90. The Labute approximate surface area is 188 Å². The Balaban J connectivity index is 1.54. The van der Waals surface area contributed by atoms with E-state index in [0.717, 1.165) is 31.4 Å². The van der Waals surface area contributed by atoms with Gasteiger partial charge in [0.15, 0.2) is 11.5 Å². The van der Waals surface area contributed by atoms with Crippen LogP contribution in [-0.2, 0) is 16.0 Å². The van der Waals surface area contributed by atoms with Crippen LogP contribution in [0.2, 0.25) is 0 Å². The Morgan fingerprint density at radius 3 is 2.25 bits per heavy atom. The smallest absolute Gasteiger partial charge is 0.230 e. The number of rotatable bonds is 6.